The standard InChI is InChI=1S/C15H23N3O4/c1-5-16-15(20)17-14(19)10-18(2)9-11-6-7-12(21-3)8-13(11)22-4/h6-8H,5,9-10H2,1-4H3,(H2,16,17,19,20). The van der Waals surface area contributed by atoms with Gasteiger partial charge in [-0.15, -0.1) is 0 Å². The van der Waals surface area contributed by atoms with Crippen LogP contribution in [-0.2, 0) is 11.3 Å². The van der Waals surface area contributed by atoms with Gasteiger partial charge in [-0.05, 0) is 20.0 Å². The van der Waals surface area contributed by atoms with Gasteiger partial charge in [-0.3, -0.25) is 15.0 Å². The molecular weight excluding hydrogens is 286 g/mol. The molecule has 0 radical (unpaired) electrons. The van der Waals surface area contributed by atoms with Crippen LogP contribution < -0.4 is 20.1 Å². The summed E-state index contributed by atoms with van der Waals surface area (Å²) in [4.78, 5) is 24.8. The van der Waals surface area contributed by atoms with Crippen LogP contribution in [0.25, 0.3) is 0 Å². The Balaban J connectivity index is 2.59. The smallest absolute Gasteiger partial charge is 0.321 e. The van der Waals surface area contributed by atoms with Crippen molar-refractivity contribution in [1.82, 2.24) is 15.5 Å². The van der Waals surface area contributed by atoms with Crippen LogP contribution in [-0.4, -0.2) is 51.2 Å². The molecule has 22 heavy (non-hydrogen) atoms. The van der Waals surface area contributed by atoms with E-state index in [1.807, 2.05) is 12.1 Å². The van der Waals surface area contributed by atoms with Gasteiger partial charge in [0.25, 0.3) is 0 Å². The number of benzene rings is 1. The van der Waals surface area contributed by atoms with E-state index >= 15 is 0 Å². The van der Waals surface area contributed by atoms with Crippen molar-refractivity contribution in [2.24, 2.45) is 0 Å². The molecule has 2 N–H and O–H groups in total. The van der Waals surface area contributed by atoms with Gasteiger partial charge in [-0.25, -0.2) is 4.79 Å². The first kappa shape index (κ1) is 17.8. The molecule has 0 aliphatic heterocycles. The lowest BCUT2D eigenvalue weighted by atomic mass is 10.2. The summed E-state index contributed by atoms with van der Waals surface area (Å²) in [6.45, 7) is 2.87. The molecule has 1 rings (SSSR count). The topological polar surface area (TPSA) is 79.9 Å². The van der Waals surface area contributed by atoms with Crippen molar-refractivity contribution in [1.29, 1.82) is 0 Å². The summed E-state index contributed by atoms with van der Waals surface area (Å²) in [5.74, 6) is 1.04. The molecule has 0 aliphatic carbocycles. The van der Waals surface area contributed by atoms with Crippen LogP contribution in [0, 0.1) is 0 Å². The first-order valence-corrected chi connectivity index (χ1v) is 6.97. The molecule has 0 aromatic heterocycles. The average molecular weight is 309 g/mol. The van der Waals surface area contributed by atoms with Crippen molar-refractivity contribution < 1.29 is 19.1 Å². The molecule has 0 saturated heterocycles. The maximum absolute atomic E-state index is 11.7. The molecule has 7 heteroatoms. The molecule has 0 heterocycles. The average Bonchev–Trinajstić information content (AvgIpc) is 2.47. The molecule has 0 atom stereocenters. The summed E-state index contributed by atoms with van der Waals surface area (Å²) in [5.41, 5.74) is 0.927. The van der Waals surface area contributed by atoms with E-state index in [0.717, 1.165) is 5.56 Å². The lowest BCUT2D eigenvalue weighted by molar-refractivity contribution is -0.120. The normalized spacial score (nSPS) is 10.2. The third-order valence-electron chi connectivity index (χ3n) is 2.94. The highest BCUT2D eigenvalue weighted by atomic mass is 16.5. The van der Waals surface area contributed by atoms with E-state index < -0.39 is 6.03 Å². The summed E-state index contributed by atoms with van der Waals surface area (Å²) in [5, 5.41) is 4.77. The fourth-order valence-electron chi connectivity index (χ4n) is 1.95. The van der Waals surface area contributed by atoms with Crippen LogP contribution in [0.2, 0.25) is 0 Å². The fourth-order valence-corrected chi connectivity index (χ4v) is 1.95. The third kappa shape index (κ3) is 5.61. The van der Waals surface area contributed by atoms with Crippen LogP contribution in [0.5, 0.6) is 11.5 Å². The Morgan fingerprint density at radius 1 is 1.23 bits per heavy atom. The van der Waals surface area contributed by atoms with Gasteiger partial charge in [-0.1, -0.05) is 6.07 Å². The molecular formula is C15H23N3O4. The summed E-state index contributed by atoms with van der Waals surface area (Å²) in [6, 6.07) is 5.02. The Kier molecular flexibility index (Phi) is 7.18. The number of hydrogen-bond donors (Lipinski definition) is 2. The molecule has 1 aromatic carbocycles. The van der Waals surface area contributed by atoms with E-state index in [4.69, 9.17) is 9.47 Å². The van der Waals surface area contributed by atoms with E-state index in [0.29, 0.717) is 24.6 Å². The van der Waals surface area contributed by atoms with Crippen molar-refractivity contribution in [3.63, 3.8) is 0 Å². The molecule has 0 unspecified atom stereocenters. The van der Waals surface area contributed by atoms with E-state index in [1.54, 1.807) is 39.2 Å². The van der Waals surface area contributed by atoms with Gasteiger partial charge >= 0.3 is 6.03 Å². The number of likely N-dealkylation sites (N-methyl/N-ethyl adjacent to an activating group) is 1. The number of hydrogen-bond acceptors (Lipinski definition) is 5. The van der Waals surface area contributed by atoms with E-state index in [9.17, 15) is 9.59 Å². The minimum atomic E-state index is -0.483. The molecule has 3 amide bonds. The highest BCUT2D eigenvalue weighted by molar-refractivity contribution is 5.95. The number of rotatable bonds is 7. The first-order chi connectivity index (χ1) is 10.5. The molecule has 0 saturated carbocycles. The summed E-state index contributed by atoms with van der Waals surface area (Å²) in [7, 11) is 4.97. The Bertz CT molecular complexity index is 520. The van der Waals surface area contributed by atoms with E-state index in [2.05, 4.69) is 10.6 Å². The summed E-state index contributed by atoms with van der Waals surface area (Å²) in [6.07, 6.45) is 0. The number of carbonyl (C=O) groups excluding carboxylic acids is 2. The number of methoxy groups -OCH3 is 2. The van der Waals surface area contributed by atoms with Crippen molar-refractivity contribution in [3.8, 4) is 11.5 Å². The number of urea groups is 1. The molecule has 0 bridgehead atoms. The van der Waals surface area contributed by atoms with Crippen LogP contribution >= 0.6 is 0 Å². The van der Waals surface area contributed by atoms with E-state index in [-0.39, 0.29) is 12.5 Å². The van der Waals surface area contributed by atoms with Crippen LogP contribution in [0.4, 0.5) is 4.79 Å². The molecule has 122 valence electrons. The number of carbonyl (C=O) groups is 2. The molecule has 0 spiro atoms. The monoisotopic (exact) mass is 309 g/mol. The fraction of sp³-hybridized carbons (Fsp3) is 0.467. The van der Waals surface area contributed by atoms with Crippen LogP contribution in [0.3, 0.4) is 0 Å². The second kappa shape index (κ2) is 8.89. The maximum atomic E-state index is 11.7. The SMILES string of the molecule is CCNC(=O)NC(=O)CN(C)Cc1ccc(OC)cc1OC. The number of nitrogens with one attached hydrogen (secondary N) is 2. The maximum Gasteiger partial charge on any atom is 0.321 e. The lowest BCUT2D eigenvalue weighted by Gasteiger charge is -2.18. The Hall–Kier alpha value is -2.28. The predicted octanol–water partition coefficient (Wildman–Crippen LogP) is 0.981. The third-order valence-corrected chi connectivity index (χ3v) is 2.94. The van der Waals surface area contributed by atoms with Gasteiger partial charge in [0, 0.05) is 24.7 Å². The minimum absolute atomic E-state index is 0.103. The predicted molar refractivity (Wildman–Crippen MR) is 83.1 cm³/mol. The highest BCUT2D eigenvalue weighted by Crippen LogP contribution is 2.25. The van der Waals surface area contributed by atoms with Gasteiger partial charge in [0.05, 0.1) is 20.8 Å². The largest absolute Gasteiger partial charge is 0.497 e. The highest BCUT2D eigenvalue weighted by Gasteiger charge is 2.12. The molecule has 0 aliphatic rings. The van der Waals surface area contributed by atoms with Gasteiger partial charge in [0.2, 0.25) is 5.91 Å². The van der Waals surface area contributed by atoms with Crippen LogP contribution in [0.15, 0.2) is 18.2 Å². The van der Waals surface area contributed by atoms with Crippen LogP contribution in [0.1, 0.15) is 12.5 Å². The summed E-state index contributed by atoms with van der Waals surface area (Å²) < 4.78 is 10.5. The van der Waals surface area contributed by atoms with Crippen molar-refractivity contribution in [3.05, 3.63) is 23.8 Å². The number of imide groups is 1. The van der Waals surface area contributed by atoms with Crippen molar-refractivity contribution >= 4 is 11.9 Å². The quantitative estimate of drug-likeness (QED) is 0.785. The molecule has 7 nitrogen and oxygen atoms in total. The van der Waals surface area contributed by atoms with Gasteiger partial charge in [-0.2, -0.15) is 0 Å². The second-order valence-corrected chi connectivity index (χ2v) is 4.76. The minimum Gasteiger partial charge on any atom is -0.497 e. The number of ether oxygens (including phenoxy) is 2. The second-order valence-electron chi connectivity index (χ2n) is 4.76. The molecule has 0 fully saturated rings. The number of nitrogens with zero attached hydrogens (tertiary/aromatic N) is 1. The lowest BCUT2D eigenvalue weighted by Crippen LogP contribution is -2.43. The molecule has 1 aromatic rings. The Morgan fingerprint density at radius 3 is 2.55 bits per heavy atom. The van der Waals surface area contributed by atoms with Gasteiger partial charge in [0.15, 0.2) is 0 Å². The zero-order chi connectivity index (χ0) is 16.5. The van der Waals surface area contributed by atoms with Gasteiger partial charge < -0.3 is 14.8 Å². The van der Waals surface area contributed by atoms with Gasteiger partial charge in [0.1, 0.15) is 11.5 Å². The zero-order valence-electron chi connectivity index (χ0n) is 13.4. The van der Waals surface area contributed by atoms with Crippen molar-refractivity contribution in [2.45, 2.75) is 13.5 Å². The van der Waals surface area contributed by atoms with E-state index in [1.165, 1.54) is 0 Å². The summed E-state index contributed by atoms with van der Waals surface area (Å²) >= 11 is 0. The van der Waals surface area contributed by atoms with Crippen molar-refractivity contribution in [2.75, 3.05) is 34.4 Å². The first-order valence-electron chi connectivity index (χ1n) is 6.97. The number of amides is 3. The Morgan fingerprint density at radius 2 is 1.95 bits per heavy atom. The zero-order valence-corrected chi connectivity index (χ0v) is 13.4. The Labute approximate surface area is 130 Å².